The molecule has 0 bridgehead atoms. The third-order valence-electron chi connectivity index (χ3n) is 2.64. The van der Waals surface area contributed by atoms with Crippen molar-refractivity contribution in [2.75, 3.05) is 11.9 Å². The summed E-state index contributed by atoms with van der Waals surface area (Å²) in [6, 6.07) is 13.4. The molecular weight excluding hydrogens is 478 g/mol. The van der Waals surface area contributed by atoms with Crippen LogP contribution in [0.25, 0.3) is 0 Å². The number of benzene rings is 2. The Morgan fingerprint density at radius 2 is 1.73 bits per heavy atom. The van der Waals surface area contributed by atoms with Crippen LogP contribution in [0.4, 0.5) is 5.69 Å². The first kappa shape index (κ1) is 17.2. The van der Waals surface area contributed by atoms with E-state index in [-0.39, 0.29) is 12.5 Å². The number of hydrazone groups is 1. The van der Waals surface area contributed by atoms with Gasteiger partial charge in [0, 0.05) is 13.4 Å². The molecule has 0 fully saturated rings. The second-order valence-electron chi connectivity index (χ2n) is 4.30. The number of amides is 1. The van der Waals surface area contributed by atoms with Gasteiger partial charge in [0.05, 0.1) is 18.4 Å². The predicted molar refractivity (Wildman–Crippen MR) is 100 cm³/mol. The van der Waals surface area contributed by atoms with Gasteiger partial charge in [0.2, 0.25) is 0 Å². The van der Waals surface area contributed by atoms with Gasteiger partial charge >= 0.3 is 0 Å². The van der Waals surface area contributed by atoms with Gasteiger partial charge in [0.15, 0.2) is 0 Å². The van der Waals surface area contributed by atoms with Crippen LogP contribution in [-0.2, 0) is 4.79 Å². The Kier molecular flexibility index (Phi) is 6.60. The lowest BCUT2D eigenvalue weighted by atomic mass is 10.2. The number of hydrogen-bond donors (Lipinski definition) is 2. The fraction of sp³-hybridized carbons (Fsp3) is 0.0667. The molecule has 22 heavy (non-hydrogen) atoms. The van der Waals surface area contributed by atoms with Gasteiger partial charge in [-0.1, -0.05) is 46.3 Å². The molecular formula is C15H12Br3N3O. The van der Waals surface area contributed by atoms with E-state index < -0.39 is 0 Å². The van der Waals surface area contributed by atoms with Crippen LogP contribution >= 0.6 is 47.8 Å². The normalized spacial score (nSPS) is 10.7. The van der Waals surface area contributed by atoms with Crippen molar-refractivity contribution in [3.8, 4) is 0 Å². The smallest absolute Gasteiger partial charge is 0.259 e. The highest BCUT2D eigenvalue weighted by Crippen LogP contribution is 2.34. The molecule has 0 spiro atoms. The van der Waals surface area contributed by atoms with Gasteiger partial charge in [0.25, 0.3) is 5.91 Å². The van der Waals surface area contributed by atoms with Gasteiger partial charge in [-0.25, -0.2) is 5.43 Å². The molecule has 2 aromatic rings. The van der Waals surface area contributed by atoms with E-state index in [0.717, 1.165) is 24.7 Å². The van der Waals surface area contributed by atoms with Crippen molar-refractivity contribution in [1.29, 1.82) is 0 Å². The zero-order valence-electron chi connectivity index (χ0n) is 11.3. The van der Waals surface area contributed by atoms with E-state index in [4.69, 9.17) is 0 Å². The number of hydrogen-bond acceptors (Lipinski definition) is 3. The van der Waals surface area contributed by atoms with E-state index >= 15 is 0 Å². The number of nitrogens with zero attached hydrogens (tertiary/aromatic N) is 1. The van der Waals surface area contributed by atoms with E-state index in [0.29, 0.717) is 0 Å². The van der Waals surface area contributed by atoms with Crippen LogP contribution in [0, 0.1) is 0 Å². The van der Waals surface area contributed by atoms with Crippen molar-refractivity contribution in [2.45, 2.75) is 0 Å². The van der Waals surface area contributed by atoms with E-state index in [1.54, 1.807) is 6.21 Å². The van der Waals surface area contributed by atoms with E-state index in [9.17, 15) is 4.79 Å². The first-order valence-corrected chi connectivity index (χ1v) is 8.69. The number of carbonyl (C=O) groups is 1. The summed E-state index contributed by atoms with van der Waals surface area (Å²) in [5.74, 6) is -0.228. The van der Waals surface area contributed by atoms with Crippen molar-refractivity contribution in [1.82, 2.24) is 5.43 Å². The number of carbonyl (C=O) groups excluding carboxylic acids is 1. The quantitative estimate of drug-likeness (QED) is 0.478. The maximum Gasteiger partial charge on any atom is 0.259 e. The Labute approximate surface area is 153 Å². The molecule has 114 valence electrons. The molecule has 2 aromatic carbocycles. The summed E-state index contributed by atoms with van der Waals surface area (Å²) in [6.07, 6.45) is 1.60. The molecule has 0 aliphatic heterocycles. The Bertz CT molecular complexity index is 667. The fourth-order valence-corrected chi connectivity index (χ4v) is 4.18. The Hall–Kier alpha value is -1.18. The summed E-state index contributed by atoms with van der Waals surface area (Å²) in [4.78, 5) is 11.8. The van der Waals surface area contributed by atoms with Crippen molar-refractivity contribution in [3.63, 3.8) is 0 Å². The fourth-order valence-electron chi connectivity index (χ4n) is 1.64. The monoisotopic (exact) mass is 487 g/mol. The van der Waals surface area contributed by atoms with E-state index in [1.165, 1.54) is 0 Å². The molecule has 1 amide bonds. The zero-order valence-corrected chi connectivity index (χ0v) is 16.1. The van der Waals surface area contributed by atoms with Gasteiger partial charge in [-0.15, -0.1) is 0 Å². The number of anilines is 1. The van der Waals surface area contributed by atoms with Gasteiger partial charge in [-0.2, -0.15) is 5.10 Å². The Balaban J connectivity index is 1.87. The molecule has 0 atom stereocenters. The van der Waals surface area contributed by atoms with Crippen molar-refractivity contribution < 1.29 is 4.79 Å². The standard InChI is InChI=1S/C15H12Br3N3O/c16-11-6-12(17)15(13(18)7-11)19-9-14(22)21-20-8-10-4-2-1-3-5-10/h1-8,19H,9H2,(H,21,22)/b20-8-. The predicted octanol–water partition coefficient (Wildman–Crippen LogP) is 4.54. The molecule has 2 N–H and O–H groups in total. The second-order valence-corrected chi connectivity index (χ2v) is 6.93. The maximum absolute atomic E-state index is 11.8. The minimum atomic E-state index is -0.228. The summed E-state index contributed by atoms with van der Waals surface area (Å²) in [5.41, 5.74) is 4.22. The highest BCUT2D eigenvalue weighted by Gasteiger charge is 2.08. The summed E-state index contributed by atoms with van der Waals surface area (Å²) in [6.45, 7) is 0.116. The molecule has 0 aliphatic carbocycles. The van der Waals surface area contributed by atoms with Gasteiger partial charge in [0.1, 0.15) is 0 Å². The van der Waals surface area contributed by atoms with Gasteiger partial charge < -0.3 is 5.32 Å². The van der Waals surface area contributed by atoms with Crippen molar-refractivity contribution in [3.05, 3.63) is 61.4 Å². The molecule has 4 nitrogen and oxygen atoms in total. The molecule has 0 saturated heterocycles. The van der Waals surface area contributed by atoms with E-state index in [1.807, 2.05) is 42.5 Å². The summed E-state index contributed by atoms with van der Waals surface area (Å²) in [5, 5.41) is 6.97. The molecule has 0 aliphatic rings. The first-order chi connectivity index (χ1) is 10.6. The average Bonchev–Trinajstić information content (AvgIpc) is 2.47. The minimum absolute atomic E-state index is 0.116. The Morgan fingerprint density at radius 3 is 2.36 bits per heavy atom. The second kappa shape index (κ2) is 8.45. The first-order valence-electron chi connectivity index (χ1n) is 6.31. The number of halogens is 3. The van der Waals surface area contributed by atoms with E-state index in [2.05, 4.69) is 63.6 Å². The van der Waals surface area contributed by atoms with Crippen LogP contribution in [0.2, 0.25) is 0 Å². The van der Waals surface area contributed by atoms with Crippen LogP contribution < -0.4 is 10.7 Å². The molecule has 7 heteroatoms. The minimum Gasteiger partial charge on any atom is -0.374 e. The number of nitrogens with one attached hydrogen (secondary N) is 2. The molecule has 0 aromatic heterocycles. The summed E-state index contributed by atoms with van der Waals surface area (Å²) in [7, 11) is 0. The molecule has 0 saturated carbocycles. The highest BCUT2D eigenvalue weighted by molar-refractivity contribution is 9.11. The average molecular weight is 490 g/mol. The van der Waals surface area contributed by atoms with Crippen LogP contribution in [0.5, 0.6) is 0 Å². The zero-order chi connectivity index (χ0) is 15.9. The van der Waals surface area contributed by atoms with Gasteiger partial charge in [-0.05, 0) is 49.6 Å². The lowest BCUT2D eigenvalue weighted by Gasteiger charge is -2.10. The maximum atomic E-state index is 11.8. The largest absolute Gasteiger partial charge is 0.374 e. The SMILES string of the molecule is O=C(CNc1c(Br)cc(Br)cc1Br)N/N=C\c1ccccc1. The van der Waals surface area contributed by atoms with Crippen LogP contribution in [0.3, 0.4) is 0 Å². The molecule has 0 unspecified atom stereocenters. The van der Waals surface area contributed by atoms with Crippen LogP contribution in [0.15, 0.2) is 61.0 Å². The van der Waals surface area contributed by atoms with Crippen molar-refractivity contribution >= 4 is 65.6 Å². The lowest BCUT2D eigenvalue weighted by molar-refractivity contribution is -0.119. The highest BCUT2D eigenvalue weighted by atomic mass is 79.9. The Morgan fingerprint density at radius 1 is 1.09 bits per heavy atom. The third-order valence-corrected chi connectivity index (χ3v) is 4.34. The van der Waals surface area contributed by atoms with Crippen molar-refractivity contribution in [2.24, 2.45) is 5.10 Å². The molecule has 0 heterocycles. The van der Waals surface area contributed by atoms with Crippen LogP contribution in [0.1, 0.15) is 5.56 Å². The van der Waals surface area contributed by atoms with Crippen LogP contribution in [-0.4, -0.2) is 18.7 Å². The van der Waals surface area contributed by atoms with Gasteiger partial charge in [-0.3, -0.25) is 4.79 Å². The lowest BCUT2D eigenvalue weighted by Crippen LogP contribution is -2.26. The number of rotatable bonds is 5. The topological polar surface area (TPSA) is 53.5 Å². The molecule has 2 rings (SSSR count). The summed E-state index contributed by atoms with van der Waals surface area (Å²) >= 11 is 10.3. The summed E-state index contributed by atoms with van der Waals surface area (Å²) < 4.78 is 2.65. The molecule has 0 radical (unpaired) electrons. The third kappa shape index (κ3) is 5.23.